The summed E-state index contributed by atoms with van der Waals surface area (Å²) in [6.07, 6.45) is -0.0783. The Labute approximate surface area is 200 Å². The van der Waals surface area contributed by atoms with Gasteiger partial charge in [0.15, 0.2) is 5.96 Å². The summed E-state index contributed by atoms with van der Waals surface area (Å²) in [5.74, 6) is 2.71. The molecular formula is C22H31IN4O4. The highest BCUT2D eigenvalue weighted by Crippen LogP contribution is 2.19. The molecule has 2 aromatic rings. The minimum Gasteiger partial charge on any atom is -0.497 e. The Morgan fingerprint density at radius 2 is 1.58 bits per heavy atom. The van der Waals surface area contributed by atoms with Crippen molar-refractivity contribution >= 4 is 35.8 Å². The molecule has 1 atom stereocenters. The molecule has 0 saturated heterocycles. The number of methoxy groups -OCH3 is 2. The zero-order valence-corrected chi connectivity index (χ0v) is 20.6. The first kappa shape index (κ1) is 26.3. The number of rotatable bonds is 10. The summed E-state index contributed by atoms with van der Waals surface area (Å²) in [5.41, 5.74) is 0.585. The van der Waals surface area contributed by atoms with Gasteiger partial charge >= 0.3 is 0 Å². The van der Waals surface area contributed by atoms with Crippen molar-refractivity contribution in [3.05, 3.63) is 54.1 Å². The number of hydrogen-bond donors (Lipinski definition) is 3. The smallest absolute Gasteiger partial charge is 0.251 e. The molecule has 0 aliphatic heterocycles. The lowest BCUT2D eigenvalue weighted by atomic mass is 10.2. The molecule has 0 bridgehead atoms. The van der Waals surface area contributed by atoms with Crippen molar-refractivity contribution in [1.29, 1.82) is 0 Å². The molecule has 0 saturated carbocycles. The van der Waals surface area contributed by atoms with Crippen molar-refractivity contribution in [1.82, 2.24) is 16.0 Å². The van der Waals surface area contributed by atoms with Gasteiger partial charge in [-0.25, -0.2) is 0 Å². The van der Waals surface area contributed by atoms with Crippen LogP contribution in [-0.4, -0.2) is 58.9 Å². The summed E-state index contributed by atoms with van der Waals surface area (Å²) in [6.45, 7) is 3.53. The van der Waals surface area contributed by atoms with Gasteiger partial charge in [-0.2, -0.15) is 0 Å². The number of nitrogens with one attached hydrogen (secondary N) is 3. The summed E-state index contributed by atoms with van der Waals surface area (Å²) in [4.78, 5) is 16.3. The average Bonchev–Trinajstić information content (AvgIpc) is 2.78. The standard InChI is InChI=1S/C22H30N4O4.HI/c1-16(30-20-7-5-6-19(14-20)29-4)15-26-22(23-2)25-13-12-24-21(27)17-8-10-18(28-3)11-9-17;/h5-11,14,16H,12-13,15H2,1-4H3,(H,24,27)(H2,23,25,26);1H. The molecule has 1 unspecified atom stereocenters. The van der Waals surface area contributed by atoms with Gasteiger partial charge in [0.2, 0.25) is 0 Å². The predicted octanol–water partition coefficient (Wildman–Crippen LogP) is 2.68. The van der Waals surface area contributed by atoms with Crippen LogP contribution in [0.15, 0.2) is 53.5 Å². The van der Waals surface area contributed by atoms with E-state index in [-0.39, 0.29) is 36.0 Å². The second-order valence-corrected chi connectivity index (χ2v) is 6.47. The number of ether oxygens (including phenoxy) is 3. The van der Waals surface area contributed by atoms with Crippen molar-refractivity contribution in [2.75, 3.05) is 40.9 Å². The number of carbonyl (C=O) groups excluding carboxylic acids is 1. The van der Waals surface area contributed by atoms with Crippen LogP contribution in [0.3, 0.4) is 0 Å². The Hall–Kier alpha value is -2.69. The zero-order chi connectivity index (χ0) is 21.8. The van der Waals surface area contributed by atoms with Gasteiger partial charge in [0.1, 0.15) is 23.4 Å². The van der Waals surface area contributed by atoms with Gasteiger partial charge in [0.25, 0.3) is 5.91 Å². The molecule has 0 radical (unpaired) electrons. The number of aliphatic imine (C=N–C) groups is 1. The van der Waals surface area contributed by atoms with E-state index in [0.717, 1.165) is 11.5 Å². The van der Waals surface area contributed by atoms with Gasteiger partial charge in [-0.15, -0.1) is 24.0 Å². The van der Waals surface area contributed by atoms with Crippen molar-refractivity contribution in [3.63, 3.8) is 0 Å². The van der Waals surface area contributed by atoms with E-state index in [9.17, 15) is 4.79 Å². The van der Waals surface area contributed by atoms with Crippen molar-refractivity contribution in [2.24, 2.45) is 4.99 Å². The van der Waals surface area contributed by atoms with Crippen molar-refractivity contribution in [3.8, 4) is 17.2 Å². The predicted molar refractivity (Wildman–Crippen MR) is 133 cm³/mol. The van der Waals surface area contributed by atoms with E-state index in [1.807, 2.05) is 31.2 Å². The molecule has 31 heavy (non-hydrogen) atoms. The number of hydrogen-bond acceptors (Lipinski definition) is 5. The monoisotopic (exact) mass is 542 g/mol. The molecule has 0 fully saturated rings. The van der Waals surface area contributed by atoms with Crippen LogP contribution in [0.1, 0.15) is 17.3 Å². The summed E-state index contributed by atoms with van der Waals surface area (Å²) in [7, 11) is 4.91. The molecule has 9 heteroatoms. The average molecular weight is 542 g/mol. The number of guanidine groups is 1. The Kier molecular flexibility index (Phi) is 12.2. The Balaban J connectivity index is 0.00000480. The highest BCUT2D eigenvalue weighted by Gasteiger charge is 2.08. The van der Waals surface area contributed by atoms with Crippen LogP contribution in [0.5, 0.6) is 17.2 Å². The highest BCUT2D eigenvalue weighted by atomic mass is 127. The fourth-order valence-corrected chi connectivity index (χ4v) is 2.61. The van der Waals surface area contributed by atoms with Gasteiger partial charge in [-0.1, -0.05) is 6.07 Å². The molecule has 3 N–H and O–H groups in total. The number of nitrogens with zero attached hydrogens (tertiary/aromatic N) is 1. The number of carbonyl (C=O) groups is 1. The fourth-order valence-electron chi connectivity index (χ4n) is 2.61. The zero-order valence-electron chi connectivity index (χ0n) is 18.3. The maximum Gasteiger partial charge on any atom is 0.251 e. The second kappa shape index (κ2) is 14.3. The Bertz CT molecular complexity index is 831. The topological polar surface area (TPSA) is 93.2 Å². The summed E-state index contributed by atoms with van der Waals surface area (Å²) in [5, 5.41) is 9.23. The van der Waals surface area contributed by atoms with Crippen LogP contribution >= 0.6 is 24.0 Å². The van der Waals surface area contributed by atoms with Crippen LogP contribution in [-0.2, 0) is 0 Å². The molecule has 0 aliphatic carbocycles. The van der Waals surface area contributed by atoms with Gasteiger partial charge < -0.3 is 30.2 Å². The molecule has 0 spiro atoms. The van der Waals surface area contributed by atoms with E-state index in [4.69, 9.17) is 14.2 Å². The minimum absolute atomic E-state index is 0. The first-order valence-corrected chi connectivity index (χ1v) is 9.73. The third kappa shape index (κ3) is 9.33. The van der Waals surface area contributed by atoms with E-state index in [2.05, 4.69) is 20.9 Å². The molecular weight excluding hydrogens is 511 g/mol. The van der Waals surface area contributed by atoms with E-state index in [0.29, 0.717) is 36.9 Å². The normalized spacial score (nSPS) is 11.5. The summed E-state index contributed by atoms with van der Waals surface area (Å²) in [6, 6.07) is 14.5. The lowest BCUT2D eigenvalue weighted by molar-refractivity contribution is 0.0954. The lowest BCUT2D eigenvalue weighted by Gasteiger charge is -2.18. The van der Waals surface area contributed by atoms with Crippen LogP contribution in [0.25, 0.3) is 0 Å². The molecule has 170 valence electrons. The van der Waals surface area contributed by atoms with E-state index in [1.165, 1.54) is 0 Å². The Morgan fingerprint density at radius 1 is 0.935 bits per heavy atom. The first-order chi connectivity index (χ1) is 14.5. The maximum absolute atomic E-state index is 12.1. The van der Waals surface area contributed by atoms with Crippen LogP contribution in [0.2, 0.25) is 0 Å². The second-order valence-electron chi connectivity index (χ2n) is 6.47. The molecule has 2 aromatic carbocycles. The van der Waals surface area contributed by atoms with Crippen LogP contribution < -0.4 is 30.2 Å². The SMILES string of the molecule is CN=C(NCCNC(=O)c1ccc(OC)cc1)NCC(C)Oc1cccc(OC)c1.I. The quantitative estimate of drug-likeness (QED) is 0.185. The summed E-state index contributed by atoms with van der Waals surface area (Å²) >= 11 is 0. The largest absolute Gasteiger partial charge is 0.497 e. The number of amides is 1. The molecule has 0 heterocycles. The van der Waals surface area contributed by atoms with Crippen LogP contribution in [0, 0.1) is 0 Å². The van der Waals surface area contributed by atoms with Crippen molar-refractivity contribution in [2.45, 2.75) is 13.0 Å². The van der Waals surface area contributed by atoms with Gasteiger partial charge in [-0.05, 0) is 43.3 Å². The molecule has 0 aliphatic rings. The first-order valence-electron chi connectivity index (χ1n) is 9.73. The van der Waals surface area contributed by atoms with Gasteiger partial charge in [0.05, 0.1) is 20.8 Å². The molecule has 8 nitrogen and oxygen atoms in total. The van der Waals surface area contributed by atoms with E-state index < -0.39 is 0 Å². The molecule has 2 rings (SSSR count). The number of halogens is 1. The van der Waals surface area contributed by atoms with E-state index >= 15 is 0 Å². The third-order valence-electron chi connectivity index (χ3n) is 4.21. The van der Waals surface area contributed by atoms with Gasteiger partial charge in [0, 0.05) is 31.8 Å². The fraction of sp³-hybridized carbons (Fsp3) is 0.364. The van der Waals surface area contributed by atoms with Crippen LogP contribution in [0.4, 0.5) is 0 Å². The minimum atomic E-state index is -0.136. The number of benzene rings is 2. The third-order valence-corrected chi connectivity index (χ3v) is 4.21. The lowest BCUT2D eigenvalue weighted by Crippen LogP contribution is -2.44. The molecule has 0 aromatic heterocycles. The molecule has 1 amide bonds. The Morgan fingerprint density at radius 3 is 2.23 bits per heavy atom. The summed E-state index contributed by atoms with van der Waals surface area (Å²) < 4.78 is 16.2. The van der Waals surface area contributed by atoms with Gasteiger partial charge in [-0.3, -0.25) is 9.79 Å². The van der Waals surface area contributed by atoms with Crippen molar-refractivity contribution < 1.29 is 19.0 Å². The highest BCUT2D eigenvalue weighted by molar-refractivity contribution is 14.0. The van der Waals surface area contributed by atoms with E-state index in [1.54, 1.807) is 45.5 Å². The maximum atomic E-state index is 12.1.